The summed E-state index contributed by atoms with van der Waals surface area (Å²) in [5.41, 5.74) is 8.29. The fourth-order valence-corrected chi connectivity index (χ4v) is 5.85. The maximum atomic E-state index is 3.43. The van der Waals surface area contributed by atoms with E-state index in [1.165, 1.54) is 18.9 Å². The summed E-state index contributed by atoms with van der Waals surface area (Å²) >= 11 is -1.45. The second-order valence-electron chi connectivity index (χ2n) is 5.62. The largest absolute Gasteiger partial charge is 0.405 e. The molecule has 0 saturated carbocycles. The maximum absolute atomic E-state index is 3.43. The fourth-order valence-electron chi connectivity index (χ4n) is 2.85. The number of hydrogen-bond acceptors (Lipinski definition) is 1. The van der Waals surface area contributed by atoms with E-state index >= 15 is 0 Å². The zero-order chi connectivity index (χ0) is 14.7. The summed E-state index contributed by atoms with van der Waals surface area (Å²) in [6, 6.07) is 8.83. The molecule has 0 fully saturated rings. The van der Waals surface area contributed by atoms with E-state index in [1.807, 2.05) is 12.2 Å². The van der Waals surface area contributed by atoms with Gasteiger partial charge in [0, 0.05) is 6.54 Å². The van der Waals surface area contributed by atoms with Gasteiger partial charge in [-0.2, -0.15) is 0 Å². The summed E-state index contributed by atoms with van der Waals surface area (Å²) in [4.78, 5) is 2.23. The SMILES string of the molecule is CN(C)Cc1cccc[c]1[Al]([C]1=C=CC=C1)[C]1=C=CC=C1. The van der Waals surface area contributed by atoms with Gasteiger partial charge in [0.15, 0.2) is 0 Å². The second kappa shape index (κ2) is 6.34. The highest BCUT2D eigenvalue weighted by Crippen LogP contribution is 2.19. The van der Waals surface area contributed by atoms with Gasteiger partial charge >= 0.3 is 14.1 Å². The van der Waals surface area contributed by atoms with Gasteiger partial charge in [-0.3, -0.25) is 0 Å². The molecular weight excluding hydrogens is 269 g/mol. The van der Waals surface area contributed by atoms with Crippen LogP contribution in [0.5, 0.6) is 0 Å². The van der Waals surface area contributed by atoms with Crippen LogP contribution in [0.1, 0.15) is 5.56 Å². The van der Waals surface area contributed by atoms with E-state index in [1.54, 1.807) is 0 Å². The van der Waals surface area contributed by atoms with Crippen LogP contribution in [-0.2, 0) is 6.54 Å². The smallest absolute Gasteiger partial charge is 0.305 e. The highest BCUT2D eigenvalue weighted by molar-refractivity contribution is 6.87. The van der Waals surface area contributed by atoms with E-state index in [-0.39, 0.29) is 0 Å². The summed E-state index contributed by atoms with van der Waals surface area (Å²) in [6.45, 7) is 0.973. The summed E-state index contributed by atoms with van der Waals surface area (Å²) in [5, 5.41) is 0. The van der Waals surface area contributed by atoms with Crippen molar-refractivity contribution >= 4 is 18.6 Å². The summed E-state index contributed by atoms with van der Waals surface area (Å²) < 4.78 is 4.18. The Bertz CT molecular complexity index is 699. The molecular formula is C19H18AlN. The van der Waals surface area contributed by atoms with Crippen molar-refractivity contribution in [3.8, 4) is 0 Å². The van der Waals surface area contributed by atoms with Crippen molar-refractivity contribution in [1.29, 1.82) is 0 Å². The van der Waals surface area contributed by atoms with Crippen LogP contribution in [-0.4, -0.2) is 33.1 Å². The molecule has 0 saturated heterocycles. The van der Waals surface area contributed by atoms with Crippen LogP contribution in [0.3, 0.4) is 0 Å². The van der Waals surface area contributed by atoms with E-state index in [2.05, 4.69) is 79.0 Å². The van der Waals surface area contributed by atoms with Crippen molar-refractivity contribution < 1.29 is 0 Å². The third-order valence-electron chi connectivity index (χ3n) is 3.72. The van der Waals surface area contributed by atoms with Gasteiger partial charge in [-0.15, -0.1) is 11.5 Å². The highest BCUT2D eigenvalue weighted by atomic mass is 27.2. The average molecular weight is 287 g/mol. The first kappa shape index (κ1) is 14.2. The monoisotopic (exact) mass is 287 g/mol. The number of rotatable bonds is 5. The molecule has 0 heterocycles. The molecule has 2 heteroatoms. The molecule has 0 bridgehead atoms. The Morgan fingerprint density at radius 2 is 1.57 bits per heavy atom. The lowest BCUT2D eigenvalue weighted by atomic mass is 10.2. The number of nitrogens with zero attached hydrogens (tertiary/aromatic N) is 1. The van der Waals surface area contributed by atoms with Crippen molar-refractivity contribution in [2.24, 2.45) is 0 Å². The Morgan fingerprint density at radius 3 is 2.10 bits per heavy atom. The number of benzene rings is 1. The van der Waals surface area contributed by atoms with Gasteiger partial charge in [-0.1, -0.05) is 61.9 Å². The van der Waals surface area contributed by atoms with Gasteiger partial charge in [-0.05, 0) is 31.8 Å². The van der Waals surface area contributed by atoms with E-state index < -0.39 is 14.1 Å². The highest BCUT2D eigenvalue weighted by Gasteiger charge is 2.30. The zero-order valence-corrected chi connectivity index (χ0v) is 13.7. The van der Waals surface area contributed by atoms with Crippen LogP contribution in [0.15, 0.2) is 81.1 Å². The van der Waals surface area contributed by atoms with Crippen molar-refractivity contribution in [1.82, 2.24) is 4.90 Å². The van der Waals surface area contributed by atoms with E-state index in [0.717, 1.165) is 6.54 Å². The van der Waals surface area contributed by atoms with E-state index in [0.29, 0.717) is 0 Å². The lowest BCUT2D eigenvalue weighted by Gasteiger charge is -2.18. The Balaban J connectivity index is 2.09. The van der Waals surface area contributed by atoms with Crippen molar-refractivity contribution in [3.05, 3.63) is 86.6 Å². The van der Waals surface area contributed by atoms with Gasteiger partial charge in [0.25, 0.3) is 0 Å². The molecule has 1 aromatic rings. The zero-order valence-electron chi connectivity index (χ0n) is 12.5. The Morgan fingerprint density at radius 1 is 0.952 bits per heavy atom. The molecule has 3 rings (SSSR count). The maximum Gasteiger partial charge on any atom is 0.405 e. The van der Waals surface area contributed by atoms with Gasteiger partial charge in [0.05, 0.1) is 0 Å². The van der Waals surface area contributed by atoms with Gasteiger partial charge in [-0.25, -0.2) is 0 Å². The number of allylic oxidation sites excluding steroid dienone is 6. The molecule has 0 radical (unpaired) electrons. The average Bonchev–Trinajstić information content (AvgIpc) is 3.14. The van der Waals surface area contributed by atoms with Crippen LogP contribution < -0.4 is 4.43 Å². The molecule has 0 aromatic heterocycles. The van der Waals surface area contributed by atoms with Gasteiger partial charge in [0.2, 0.25) is 0 Å². The molecule has 2 aliphatic rings. The Kier molecular flexibility index (Phi) is 4.28. The lowest BCUT2D eigenvalue weighted by Crippen LogP contribution is -2.37. The predicted molar refractivity (Wildman–Crippen MR) is 90.7 cm³/mol. The molecule has 2 aliphatic carbocycles. The molecule has 0 unspecified atom stereocenters. The van der Waals surface area contributed by atoms with Crippen LogP contribution in [0.2, 0.25) is 0 Å². The summed E-state index contributed by atoms with van der Waals surface area (Å²) in [5.74, 6) is 0. The third kappa shape index (κ3) is 3.12. The first-order chi connectivity index (χ1) is 10.3. The molecule has 0 aliphatic heterocycles. The predicted octanol–water partition coefficient (Wildman–Crippen LogP) is 2.83. The Labute approximate surface area is 131 Å². The lowest BCUT2D eigenvalue weighted by molar-refractivity contribution is 0.403. The normalized spacial score (nSPS) is 15.0. The van der Waals surface area contributed by atoms with E-state index in [4.69, 9.17) is 0 Å². The van der Waals surface area contributed by atoms with Crippen molar-refractivity contribution in [2.75, 3.05) is 14.1 Å². The Hall–Kier alpha value is -1.77. The third-order valence-corrected chi connectivity index (χ3v) is 6.87. The molecule has 1 aromatic carbocycles. The standard InChI is InChI=1S/C9H12N.2C5H3.Al/c1-10(2)8-9-6-4-3-5-7-9;2*1-2-4-5-3-1;/h3-6H,8H2,1-2H3;2*1-3H;. The molecule has 21 heavy (non-hydrogen) atoms. The fraction of sp³-hybridized carbons (Fsp3) is 0.158. The quantitative estimate of drug-likeness (QED) is 0.594. The molecule has 0 atom stereocenters. The van der Waals surface area contributed by atoms with Crippen LogP contribution in [0.4, 0.5) is 0 Å². The minimum Gasteiger partial charge on any atom is -0.305 e. The topological polar surface area (TPSA) is 3.24 Å². The molecule has 0 N–H and O–H groups in total. The van der Waals surface area contributed by atoms with Crippen LogP contribution in [0.25, 0.3) is 0 Å². The minimum absolute atomic E-state index is 0.973. The van der Waals surface area contributed by atoms with Crippen molar-refractivity contribution in [2.45, 2.75) is 6.54 Å². The van der Waals surface area contributed by atoms with Crippen molar-refractivity contribution in [3.63, 3.8) is 0 Å². The van der Waals surface area contributed by atoms with Gasteiger partial charge < -0.3 is 4.90 Å². The molecule has 0 spiro atoms. The van der Waals surface area contributed by atoms with Crippen LogP contribution >= 0.6 is 0 Å². The molecule has 0 amide bonds. The second-order valence-corrected chi connectivity index (χ2v) is 8.35. The first-order valence-corrected chi connectivity index (χ1v) is 8.98. The molecule has 102 valence electrons. The van der Waals surface area contributed by atoms with Gasteiger partial charge in [0.1, 0.15) is 0 Å². The van der Waals surface area contributed by atoms with Crippen LogP contribution in [0, 0.1) is 0 Å². The number of hydrogen-bond donors (Lipinski definition) is 0. The molecule has 1 nitrogen and oxygen atoms in total. The summed E-state index contributed by atoms with van der Waals surface area (Å²) in [6.07, 6.45) is 12.6. The first-order valence-electron chi connectivity index (χ1n) is 7.25. The minimum atomic E-state index is -1.45. The summed E-state index contributed by atoms with van der Waals surface area (Å²) in [7, 11) is 4.24. The van der Waals surface area contributed by atoms with E-state index in [9.17, 15) is 0 Å².